The zero-order valence-corrected chi connectivity index (χ0v) is 19.3. The lowest BCUT2D eigenvalue weighted by Crippen LogP contribution is -2.30. The quantitative estimate of drug-likeness (QED) is 0.501. The number of nitrogens with one attached hydrogen (secondary N) is 1. The average molecular weight is 456 g/mol. The minimum atomic E-state index is -0.313. The lowest BCUT2D eigenvalue weighted by molar-refractivity contribution is 0.0773. The second kappa shape index (κ2) is 10.3. The van der Waals surface area contributed by atoms with Crippen molar-refractivity contribution >= 4 is 29.1 Å². The fourth-order valence-corrected chi connectivity index (χ4v) is 3.50. The number of benzene rings is 2. The van der Waals surface area contributed by atoms with Crippen molar-refractivity contribution in [1.82, 2.24) is 10.1 Å². The lowest BCUT2D eigenvalue weighted by Gasteiger charge is -2.19. The zero-order chi connectivity index (χ0) is 23.3. The van der Waals surface area contributed by atoms with E-state index in [4.69, 9.17) is 20.9 Å². The minimum absolute atomic E-state index is 0.138. The maximum Gasteiger partial charge on any atom is 0.255 e. The summed E-state index contributed by atoms with van der Waals surface area (Å²) in [5, 5.41) is 7.01. The summed E-state index contributed by atoms with van der Waals surface area (Å²) in [4.78, 5) is 27.0. The van der Waals surface area contributed by atoms with Gasteiger partial charge >= 0.3 is 0 Å². The van der Waals surface area contributed by atoms with Gasteiger partial charge in [0.25, 0.3) is 11.8 Å². The van der Waals surface area contributed by atoms with Crippen LogP contribution in [0.3, 0.4) is 0 Å². The fourth-order valence-electron chi connectivity index (χ4n) is 3.24. The minimum Gasteiger partial charge on any atom is -0.489 e. The number of halogens is 1. The Hall–Kier alpha value is -3.32. The van der Waals surface area contributed by atoms with Crippen LogP contribution in [-0.4, -0.2) is 35.0 Å². The van der Waals surface area contributed by atoms with Gasteiger partial charge in [-0.1, -0.05) is 22.8 Å². The molecule has 32 heavy (non-hydrogen) atoms. The van der Waals surface area contributed by atoms with Gasteiger partial charge in [0.1, 0.15) is 18.1 Å². The van der Waals surface area contributed by atoms with E-state index in [1.807, 2.05) is 27.7 Å². The van der Waals surface area contributed by atoms with Crippen molar-refractivity contribution in [1.29, 1.82) is 0 Å². The molecule has 0 unspecified atom stereocenters. The number of carbonyl (C=O) groups is 2. The number of hydrogen-bond acceptors (Lipinski definition) is 5. The molecule has 0 bridgehead atoms. The molecule has 3 aromatic rings. The van der Waals surface area contributed by atoms with Crippen LogP contribution in [-0.2, 0) is 6.61 Å². The van der Waals surface area contributed by atoms with Crippen LogP contribution in [0.25, 0.3) is 0 Å². The van der Waals surface area contributed by atoms with E-state index in [9.17, 15) is 9.59 Å². The maximum atomic E-state index is 12.7. The molecular weight excluding hydrogens is 430 g/mol. The normalized spacial score (nSPS) is 10.7. The van der Waals surface area contributed by atoms with Gasteiger partial charge in [-0.05, 0) is 64.1 Å². The molecule has 1 aromatic heterocycles. The number of aromatic nitrogens is 1. The van der Waals surface area contributed by atoms with Crippen LogP contribution in [0.15, 0.2) is 47.0 Å². The van der Waals surface area contributed by atoms with Crippen LogP contribution in [0.4, 0.5) is 5.69 Å². The first-order chi connectivity index (χ1) is 15.3. The summed E-state index contributed by atoms with van der Waals surface area (Å²) in [5.74, 6) is 0.805. The third kappa shape index (κ3) is 5.29. The summed E-state index contributed by atoms with van der Waals surface area (Å²) in [7, 11) is 0. The van der Waals surface area contributed by atoms with Gasteiger partial charge in [-0.2, -0.15) is 0 Å². The third-order valence-electron chi connectivity index (χ3n) is 5.17. The molecule has 0 fully saturated rings. The Morgan fingerprint density at radius 2 is 1.88 bits per heavy atom. The lowest BCUT2D eigenvalue weighted by atomic mass is 10.1. The zero-order valence-electron chi connectivity index (χ0n) is 18.6. The second-order valence-electron chi connectivity index (χ2n) is 7.25. The smallest absolute Gasteiger partial charge is 0.255 e. The standard InChI is InChI=1S/C24H26ClN3O4/c1-5-28(6-2)24(30)20-11-10-18(13-22(20)25)26-23(29)17-8-7-9-19(12-17)31-14-21-15(3)27-32-16(21)4/h7-13H,5-6,14H2,1-4H3,(H,26,29). The number of hydrogen-bond donors (Lipinski definition) is 1. The summed E-state index contributed by atoms with van der Waals surface area (Å²) in [6, 6.07) is 11.7. The Morgan fingerprint density at radius 3 is 2.50 bits per heavy atom. The second-order valence-corrected chi connectivity index (χ2v) is 7.65. The first kappa shape index (κ1) is 23.3. The molecule has 8 heteroatoms. The van der Waals surface area contributed by atoms with Crippen molar-refractivity contribution in [3.05, 3.63) is 75.6 Å². The molecule has 0 saturated heterocycles. The van der Waals surface area contributed by atoms with Gasteiger partial charge in [0.2, 0.25) is 0 Å². The highest BCUT2D eigenvalue weighted by Crippen LogP contribution is 2.24. The predicted octanol–water partition coefficient (Wildman–Crippen LogP) is 5.26. The highest BCUT2D eigenvalue weighted by molar-refractivity contribution is 6.34. The summed E-state index contributed by atoms with van der Waals surface area (Å²) in [6.45, 7) is 8.99. The molecule has 7 nitrogen and oxygen atoms in total. The fraction of sp³-hybridized carbons (Fsp3) is 0.292. The predicted molar refractivity (Wildman–Crippen MR) is 123 cm³/mol. The van der Waals surface area contributed by atoms with Crippen LogP contribution in [0, 0.1) is 13.8 Å². The van der Waals surface area contributed by atoms with E-state index in [0.717, 1.165) is 11.3 Å². The summed E-state index contributed by atoms with van der Waals surface area (Å²) in [5.41, 5.74) is 2.99. The number of aryl methyl sites for hydroxylation is 2. The molecule has 3 rings (SSSR count). The van der Waals surface area contributed by atoms with Gasteiger partial charge in [0.15, 0.2) is 0 Å². The molecule has 168 valence electrons. The summed E-state index contributed by atoms with van der Waals surface area (Å²) in [6.07, 6.45) is 0. The van der Waals surface area contributed by atoms with Gasteiger partial charge in [-0.25, -0.2) is 0 Å². The van der Waals surface area contributed by atoms with Crippen molar-refractivity contribution in [2.24, 2.45) is 0 Å². The van der Waals surface area contributed by atoms with Gasteiger partial charge in [-0.15, -0.1) is 0 Å². The summed E-state index contributed by atoms with van der Waals surface area (Å²) < 4.78 is 11.0. The van der Waals surface area contributed by atoms with E-state index in [2.05, 4.69) is 10.5 Å². The Kier molecular flexibility index (Phi) is 7.53. The summed E-state index contributed by atoms with van der Waals surface area (Å²) >= 11 is 6.32. The van der Waals surface area contributed by atoms with Crippen LogP contribution < -0.4 is 10.1 Å². The third-order valence-corrected chi connectivity index (χ3v) is 5.48. The number of rotatable bonds is 8. The Bertz CT molecular complexity index is 1100. The van der Waals surface area contributed by atoms with E-state index in [0.29, 0.717) is 48.0 Å². The first-order valence-corrected chi connectivity index (χ1v) is 10.8. The number of carbonyl (C=O) groups excluding carboxylic acids is 2. The highest BCUT2D eigenvalue weighted by atomic mass is 35.5. The maximum absolute atomic E-state index is 12.7. The Morgan fingerprint density at radius 1 is 1.12 bits per heavy atom. The van der Waals surface area contributed by atoms with Crippen LogP contribution in [0.2, 0.25) is 5.02 Å². The molecule has 1 heterocycles. The molecular formula is C24H26ClN3O4. The SMILES string of the molecule is CCN(CC)C(=O)c1ccc(NC(=O)c2cccc(OCc3c(C)noc3C)c2)cc1Cl. The van der Waals surface area contributed by atoms with Crippen LogP contribution in [0.5, 0.6) is 5.75 Å². The van der Waals surface area contributed by atoms with Crippen molar-refractivity contribution in [3.63, 3.8) is 0 Å². The van der Waals surface area contributed by atoms with Crippen LogP contribution in [0.1, 0.15) is 51.6 Å². The molecule has 0 radical (unpaired) electrons. The Labute approximate surface area is 192 Å². The molecule has 0 aliphatic carbocycles. The van der Waals surface area contributed by atoms with Gasteiger partial charge in [0, 0.05) is 24.3 Å². The average Bonchev–Trinajstić information content (AvgIpc) is 3.10. The van der Waals surface area contributed by atoms with Crippen molar-refractivity contribution in [3.8, 4) is 5.75 Å². The van der Waals surface area contributed by atoms with Crippen molar-refractivity contribution in [2.45, 2.75) is 34.3 Å². The van der Waals surface area contributed by atoms with Gasteiger partial charge < -0.3 is 19.5 Å². The molecule has 2 amide bonds. The van der Waals surface area contributed by atoms with Crippen molar-refractivity contribution in [2.75, 3.05) is 18.4 Å². The Balaban J connectivity index is 1.69. The number of nitrogens with zero attached hydrogens (tertiary/aromatic N) is 2. The first-order valence-electron chi connectivity index (χ1n) is 10.4. The number of anilines is 1. The number of amides is 2. The largest absolute Gasteiger partial charge is 0.489 e. The molecule has 1 N–H and O–H groups in total. The van der Waals surface area contributed by atoms with Gasteiger partial charge in [-0.3, -0.25) is 9.59 Å². The van der Waals surface area contributed by atoms with Gasteiger partial charge in [0.05, 0.1) is 21.8 Å². The van der Waals surface area contributed by atoms with Crippen molar-refractivity contribution < 1.29 is 18.8 Å². The molecule has 2 aromatic carbocycles. The van der Waals surface area contributed by atoms with E-state index in [-0.39, 0.29) is 16.8 Å². The van der Waals surface area contributed by atoms with E-state index in [1.54, 1.807) is 47.4 Å². The topological polar surface area (TPSA) is 84.7 Å². The number of ether oxygens (including phenoxy) is 1. The molecule has 0 spiro atoms. The van der Waals surface area contributed by atoms with E-state index in [1.165, 1.54) is 0 Å². The molecule has 0 aliphatic heterocycles. The highest BCUT2D eigenvalue weighted by Gasteiger charge is 2.17. The molecule has 0 saturated carbocycles. The molecule has 0 atom stereocenters. The van der Waals surface area contributed by atoms with E-state index >= 15 is 0 Å². The monoisotopic (exact) mass is 455 g/mol. The van der Waals surface area contributed by atoms with Crippen LogP contribution >= 0.6 is 11.6 Å². The molecule has 0 aliphatic rings. The van der Waals surface area contributed by atoms with E-state index < -0.39 is 0 Å².